The van der Waals surface area contributed by atoms with Gasteiger partial charge in [0.25, 0.3) is 0 Å². The third-order valence-corrected chi connectivity index (χ3v) is 3.53. The van der Waals surface area contributed by atoms with Crippen molar-refractivity contribution in [2.24, 2.45) is 11.7 Å². The van der Waals surface area contributed by atoms with Crippen LogP contribution >= 0.6 is 0 Å². The second-order valence-corrected chi connectivity index (χ2v) is 5.34. The largest absolute Gasteiger partial charge is 0.369 e. The average molecular weight is 208 g/mol. The van der Waals surface area contributed by atoms with Crippen molar-refractivity contribution in [1.82, 2.24) is 4.31 Å². The Hall–Kier alpha value is -0.620. The lowest BCUT2D eigenvalue weighted by Crippen LogP contribution is -2.43. The van der Waals surface area contributed by atoms with Gasteiger partial charge in [-0.05, 0) is 12.8 Å². The molecule has 0 radical (unpaired) electrons. The number of primary amides is 1. The summed E-state index contributed by atoms with van der Waals surface area (Å²) in [5, 5.41) is 0. The summed E-state index contributed by atoms with van der Waals surface area (Å²) in [4.78, 5) is 10.8. The number of carbonyl (C=O) groups excluding carboxylic acids is 1. The lowest BCUT2D eigenvalue weighted by Gasteiger charge is -2.28. The first-order valence-corrected chi connectivity index (χ1v) is 6.00. The van der Waals surface area contributed by atoms with Crippen LogP contribution < -0.4 is 5.73 Å². The third-order valence-electron chi connectivity index (χ3n) is 2.26. The van der Waals surface area contributed by atoms with E-state index in [0.717, 1.165) is 6.26 Å². The normalized spacial score (nSPS) is 25.8. The summed E-state index contributed by atoms with van der Waals surface area (Å²) >= 11 is 0. The van der Waals surface area contributed by atoms with Gasteiger partial charge in [-0.15, -0.1) is 0 Å². The van der Waals surface area contributed by atoms with Crippen LogP contribution in [0.4, 0.5) is 0 Å². The molecule has 0 unspecified atom stereocenters. The summed E-state index contributed by atoms with van der Waals surface area (Å²) in [5.74, 6) is -0.725. The van der Waals surface area contributed by atoms with Gasteiger partial charge >= 0.3 is 0 Å². The van der Waals surface area contributed by atoms with E-state index in [-0.39, 0.29) is 13.9 Å². The molecule has 6 heteroatoms. The molecule has 0 aromatic carbocycles. The monoisotopic (exact) mass is 208 g/mol. The Morgan fingerprint density at radius 3 is 2.69 bits per heavy atom. The Kier molecular flexibility index (Phi) is 2.92. The summed E-state index contributed by atoms with van der Waals surface area (Å²) in [7, 11) is -3.17. The first kappa shape index (κ1) is 10.5. The molecule has 5 nitrogen and oxygen atoms in total. The van der Waals surface area contributed by atoms with Crippen molar-refractivity contribution in [3.8, 4) is 0 Å². The number of nitrogens with two attached hydrogens (primary N) is 1. The molecule has 0 saturated carbocycles. The maximum Gasteiger partial charge on any atom is 0.221 e. The lowest BCUT2D eigenvalue weighted by atomic mass is 9.99. The van der Waals surface area contributed by atoms with E-state index in [4.69, 9.17) is 5.73 Å². The second kappa shape index (κ2) is 3.63. The molecule has 1 saturated heterocycles. The van der Waals surface area contributed by atoms with Crippen LogP contribution in [-0.2, 0) is 14.8 Å². The van der Waals surface area contributed by atoms with Gasteiger partial charge in [-0.3, -0.25) is 4.79 Å². The van der Waals surface area contributed by atoms with E-state index in [1.54, 1.807) is 0 Å². The van der Waals surface area contributed by atoms with Gasteiger partial charge in [0, 0.05) is 14.5 Å². The molecule has 1 atom stereocenters. The van der Waals surface area contributed by atoms with Crippen molar-refractivity contribution < 1.29 is 14.6 Å². The molecule has 0 aliphatic carbocycles. The summed E-state index contributed by atoms with van der Waals surface area (Å²) < 4.78 is 23.6. The molecule has 1 amide bonds. The van der Waals surface area contributed by atoms with Gasteiger partial charge in [-0.2, -0.15) is 0 Å². The van der Waals surface area contributed by atoms with Gasteiger partial charge in [0.05, 0.1) is 12.2 Å². The van der Waals surface area contributed by atoms with E-state index >= 15 is 0 Å². The summed E-state index contributed by atoms with van der Waals surface area (Å²) in [5.41, 5.74) is 5.11. The molecule has 1 aliphatic rings. The molecule has 1 rings (SSSR count). The molecule has 0 aromatic rings. The summed E-state index contributed by atoms with van der Waals surface area (Å²) in [6.07, 6.45) is 2.55. The van der Waals surface area contributed by atoms with Crippen LogP contribution in [0.15, 0.2) is 0 Å². The highest BCUT2D eigenvalue weighted by Gasteiger charge is 2.28. The van der Waals surface area contributed by atoms with Crippen molar-refractivity contribution in [2.45, 2.75) is 12.8 Å². The average Bonchev–Trinajstić information content (AvgIpc) is 2.03. The van der Waals surface area contributed by atoms with Gasteiger partial charge < -0.3 is 5.73 Å². The van der Waals surface area contributed by atoms with Crippen molar-refractivity contribution in [2.75, 3.05) is 19.3 Å². The molecule has 1 fully saturated rings. The predicted octanol–water partition coefficient (Wildman–Crippen LogP) is -0.611. The van der Waals surface area contributed by atoms with E-state index in [0.29, 0.717) is 19.4 Å². The van der Waals surface area contributed by atoms with Crippen LogP contribution in [0, 0.1) is 5.92 Å². The van der Waals surface area contributed by atoms with Gasteiger partial charge in [0.15, 0.2) is 0 Å². The van der Waals surface area contributed by atoms with Crippen LogP contribution in [0.3, 0.4) is 0 Å². The number of rotatable bonds is 2. The van der Waals surface area contributed by atoms with Crippen LogP contribution in [0.5, 0.6) is 0 Å². The number of carbonyl (C=O) groups is 1. The van der Waals surface area contributed by atoms with E-state index in [2.05, 4.69) is 0 Å². The van der Waals surface area contributed by atoms with Gasteiger partial charge in [-0.25, -0.2) is 12.7 Å². The van der Waals surface area contributed by atoms with Crippen molar-refractivity contribution in [3.05, 3.63) is 0 Å². The van der Waals surface area contributed by atoms with E-state index < -0.39 is 15.9 Å². The van der Waals surface area contributed by atoms with E-state index in [9.17, 15) is 13.2 Å². The smallest absolute Gasteiger partial charge is 0.221 e. The zero-order valence-corrected chi connectivity index (χ0v) is 8.38. The number of hydrogen-bond donors (Lipinski definition) is 1. The molecule has 13 heavy (non-hydrogen) atoms. The predicted molar refractivity (Wildman–Crippen MR) is 50.4 cm³/mol. The number of amides is 1. The van der Waals surface area contributed by atoms with Crippen LogP contribution in [0.25, 0.3) is 0 Å². The fourth-order valence-electron chi connectivity index (χ4n) is 1.48. The maximum atomic E-state index is 11.1. The number of piperidine rings is 1. The van der Waals surface area contributed by atoms with Crippen LogP contribution in [0.1, 0.15) is 14.3 Å². The molecule has 78 valence electrons. The van der Waals surface area contributed by atoms with E-state index in [1.165, 1.54) is 4.31 Å². The summed E-state index contributed by atoms with van der Waals surface area (Å²) in [6, 6.07) is 0. The fourth-order valence-corrected chi connectivity index (χ4v) is 2.39. The highest BCUT2D eigenvalue weighted by atomic mass is 32.2. The Bertz CT molecular complexity index is 304. The molecular formula is C7H16N2O3S. The lowest BCUT2D eigenvalue weighted by molar-refractivity contribution is -0.122. The minimum absolute atomic E-state index is 0. The topological polar surface area (TPSA) is 80.5 Å². The summed E-state index contributed by atoms with van der Waals surface area (Å²) in [6.45, 7) is 0.747. The second-order valence-electron chi connectivity index (χ2n) is 3.36. The number of sulfonamides is 1. The molecule has 2 N–H and O–H groups in total. The van der Waals surface area contributed by atoms with E-state index in [1.807, 2.05) is 0 Å². The molecule has 1 aliphatic heterocycles. The Morgan fingerprint density at radius 1 is 1.62 bits per heavy atom. The minimum atomic E-state index is -3.17. The van der Waals surface area contributed by atoms with Gasteiger partial charge in [0.1, 0.15) is 0 Å². The number of hydrogen-bond acceptors (Lipinski definition) is 3. The third kappa shape index (κ3) is 2.67. The van der Waals surface area contributed by atoms with Crippen LogP contribution in [0.2, 0.25) is 0 Å². The number of nitrogens with zero attached hydrogens (tertiary/aromatic N) is 1. The first-order chi connectivity index (χ1) is 5.91. The van der Waals surface area contributed by atoms with Crippen molar-refractivity contribution in [1.29, 1.82) is 0 Å². The quantitative estimate of drug-likeness (QED) is 0.657. The molecule has 0 spiro atoms. The molecule has 0 aromatic heterocycles. The zero-order valence-electron chi connectivity index (χ0n) is 7.56. The van der Waals surface area contributed by atoms with Gasteiger partial charge in [0.2, 0.25) is 15.9 Å². The van der Waals surface area contributed by atoms with Crippen molar-refractivity contribution in [3.63, 3.8) is 0 Å². The Morgan fingerprint density at radius 2 is 2.23 bits per heavy atom. The minimum Gasteiger partial charge on any atom is -0.369 e. The standard InChI is InChI=1S/C7H14N2O3S.H2/c1-13(11,12)9-4-2-3-6(5-9)7(8)10;/h6H,2-5H2,1H3,(H2,8,10);1H/t6-;/m0./s1. The maximum absolute atomic E-state index is 11.1. The zero-order chi connectivity index (χ0) is 10.1. The van der Waals surface area contributed by atoms with Crippen LogP contribution in [-0.4, -0.2) is 38.0 Å². The highest BCUT2D eigenvalue weighted by molar-refractivity contribution is 7.88. The first-order valence-electron chi connectivity index (χ1n) is 4.15. The highest BCUT2D eigenvalue weighted by Crippen LogP contribution is 2.17. The molecule has 0 bridgehead atoms. The Labute approximate surface area is 79.4 Å². The fraction of sp³-hybridized carbons (Fsp3) is 0.857. The van der Waals surface area contributed by atoms with Gasteiger partial charge in [-0.1, -0.05) is 0 Å². The Balaban J connectivity index is 0.00000169. The molecule has 1 heterocycles. The SMILES string of the molecule is CS(=O)(=O)N1CCC[C@H](C(N)=O)C1.[HH]. The molecular weight excluding hydrogens is 192 g/mol. The van der Waals surface area contributed by atoms with Crippen molar-refractivity contribution >= 4 is 15.9 Å².